The van der Waals surface area contributed by atoms with Gasteiger partial charge in [0.05, 0.1) is 11.0 Å². The number of aromatic amines is 1. The molecule has 0 spiro atoms. The fourth-order valence-electron chi connectivity index (χ4n) is 2.03. The number of para-hydroxylation sites is 2. The Morgan fingerprint density at radius 1 is 1.20 bits per heavy atom. The van der Waals surface area contributed by atoms with Gasteiger partial charge in [0.25, 0.3) is 0 Å². The minimum absolute atomic E-state index is 0.531. The highest BCUT2D eigenvalue weighted by molar-refractivity contribution is 5.79. The number of aromatic nitrogens is 2. The lowest BCUT2D eigenvalue weighted by molar-refractivity contribution is 0.353. The summed E-state index contributed by atoms with van der Waals surface area (Å²) in [5, 5.41) is 0. The van der Waals surface area contributed by atoms with Gasteiger partial charge in [0, 0.05) is 5.56 Å². The summed E-state index contributed by atoms with van der Waals surface area (Å²) >= 11 is 0. The number of nitrogens with zero attached hydrogens (tertiary/aromatic N) is 1. The van der Waals surface area contributed by atoms with Crippen LogP contribution in [0.15, 0.2) is 60.7 Å². The molecule has 3 heteroatoms. The van der Waals surface area contributed by atoms with Gasteiger partial charge in [-0.1, -0.05) is 30.8 Å². The Labute approximate surface area is 117 Å². The van der Waals surface area contributed by atoms with Crippen molar-refractivity contribution < 1.29 is 4.74 Å². The van der Waals surface area contributed by atoms with Gasteiger partial charge in [-0.05, 0) is 36.8 Å². The first-order chi connectivity index (χ1) is 9.72. The molecule has 0 atom stereocenters. The largest absolute Gasteiger partial charge is 0.489 e. The number of nitrogens with one attached hydrogen (secondary N) is 1. The van der Waals surface area contributed by atoms with E-state index in [9.17, 15) is 0 Å². The molecule has 0 aliphatic heterocycles. The van der Waals surface area contributed by atoms with Crippen molar-refractivity contribution in [1.29, 1.82) is 0 Å². The molecule has 0 saturated heterocycles. The average molecular weight is 264 g/mol. The zero-order valence-electron chi connectivity index (χ0n) is 11.4. The fourth-order valence-corrected chi connectivity index (χ4v) is 2.03. The Bertz CT molecular complexity index is 725. The molecular weight excluding hydrogens is 248 g/mol. The van der Waals surface area contributed by atoms with Gasteiger partial charge >= 0.3 is 0 Å². The summed E-state index contributed by atoms with van der Waals surface area (Å²) in [6.07, 6.45) is 0. The predicted molar refractivity (Wildman–Crippen MR) is 81.8 cm³/mol. The lowest BCUT2D eigenvalue weighted by atomic mass is 10.2. The van der Waals surface area contributed by atoms with Gasteiger partial charge in [0.1, 0.15) is 18.2 Å². The maximum atomic E-state index is 5.66. The van der Waals surface area contributed by atoms with Crippen LogP contribution < -0.4 is 4.74 Å². The second kappa shape index (κ2) is 5.21. The van der Waals surface area contributed by atoms with Gasteiger partial charge in [0.2, 0.25) is 0 Å². The van der Waals surface area contributed by atoms with E-state index in [2.05, 4.69) is 16.5 Å². The van der Waals surface area contributed by atoms with E-state index in [4.69, 9.17) is 4.74 Å². The highest BCUT2D eigenvalue weighted by Crippen LogP contribution is 2.24. The van der Waals surface area contributed by atoms with Crippen LogP contribution in [0.3, 0.4) is 0 Å². The third kappa shape index (κ3) is 2.57. The van der Waals surface area contributed by atoms with Crippen molar-refractivity contribution in [2.45, 2.75) is 6.92 Å². The molecule has 3 aromatic rings. The molecule has 20 heavy (non-hydrogen) atoms. The maximum absolute atomic E-state index is 5.66. The van der Waals surface area contributed by atoms with Crippen LogP contribution >= 0.6 is 0 Å². The Morgan fingerprint density at radius 3 is 2.85 bits per heavy atom. The number of ether oxygens (including phenoxy) is 1. The minimum Gasteiger partial charge on any atom is -0.489 e. The molecule has 0 saturated carbocycles. The van der Waals surface area contributed by atoms with Crippen LogP contribution in [0.2, 0.25) is 0 Å². The molecule has 1 N–H and O–H groups in total. The standard InChI is InChI=1S/C17H16N2O/c1-12(2)11-20-14-7-5-6-13(10-14)17-18-15-8-3-4-9-16(15)19-17/h3-10H,1,11H2,2H3,(H,18,19). The molecule has 0 fully saturated rings. The maximum Gasteiger partial charge on any atom is 0.138 e. The van der Waals surface area contributed by atoms with Crippen molar-refractivity contribution in [2.75, 3.05) is 6.61 Å². The summed E-state index contributed by atoms with van der Waals surface area (Å²) in [7, 11) is 0. The summed E-state index contributed by atoms with van der Waals surface area (Å²) in [4.78, 5) is 7.91. The molecule has 3 nitrogen and oxygen atoms in total. The summed E-state index contributed by atoms with van der Waals surface area (Å²) in [6.45, 7) is 6.31. The summed E-state index contributed by atoms with van der Waals surface area (Å²) < 4.78 is 5.66. The van der Waals surface area contributed by atoms with Crippen LogP contribution in [0.4, 0.5) is 0 Å². The molecule has 100 valence electrons. The number of hydrogen-bond acceptors (Lipinski definition) is 2. The molecule has 0 radical (unpaired) electrons. The molecule has 0 bridgehead atoms. The monoisotopic (exact) mass is 264 g/mol. The van der Waals surface area contributed by atoms with E-state index in [-0.39, 0.29) is 0 Å². The van der Waals surface area contributed by atoms with Gasteiger partial charge in [-0.25, -0.2) is 4.98 Å². The second-order valence-corrected chi connectivity index (χ2v) is 4.88. The van der Waals surface area contributed by atoms with Gasteiger partial charge in [0.15, 0.2) is 0 Å². The van der Waals surface area contributed by atoms with E-state index in [1.807, 2.05) is 55.5 Å². The number of H-pyrrole nitrogens is 1. The summed E-state index contributed by atoms with van der Waals surface area (Å²) in [5.41, 5.74) is 4.02. The molecule has 0 aliphatic rings. The molecule has 1 aromatic heterocycles. The lowest BCUT2D eigenvalue weighted by Gasteiger charge is -2.06. The van der Waals surface area contributed by atoms with E-state index in [0.717, 1.165) is 33.7 Å². The average Bonchev–Trinajstić information content (AvgIpc) is 2.89. The zero-order chi connectivity index (χ0) is 13.9. The van der Waals surface area contributed by atoms with Crippen molar-refractivity contribution in [3.63, 3.8) is 0 Å². The third-order valence-corrected chi connectivity index (χ3v) is 2.98. The van der Waals surface area contributed by atoms with Crippen molar-refractivity contribution in [3.8, 4) is 17.1 Å². The van der Waals surface area contributed by atoms with Crippen LogP contribution in [0, 0.1) is 0 Å². The zero-order valence-corrected chi connectivity index (χ0v) is 11.4. The first-order valence-corrected chi connectivity index (χ1v) is 6.55. The SMILES string of the molecule is C=C(C)COc1cccc(-c2nc3ccccc3[nH]2)c1. The smallest absolute Gasteiger partial charge is 0.138 e. The Kier molecular flexibility index (Phi) is 3.25. The predicted octanol–water partition coefficient (Wildman–Crippen LogP) is 4.18. The minimum atomic E-state index is 0.531. The topological polar surface area (TPSA) is 37.9 Å². The molecule has 0 unspecified atom stereocenters. The first kappa shape index (κ1) is 12.5. The number of rotatable bonds is 4. The Morgan fingerprint density at radius 2 is 2.05 bits per heavy atom. The first-order valence-electron chi connectivity index (χ1n) is 6.55. The molecule has 0 aliphatic carbocycles. The van der Waals surface area contributed by atoms with Crippen molar-refractivity contribution >= 4 is 11.0 Å². The van der Waals surface area contributed by atoms with E-state index >= 15 is 0 Å². The normalized spacial score (nSPS) is 10.7. The summed E-state index contributed by atoms with van der Waals surface area (Å²) in [6, 6.07) is 15.9. The highest BCUT2D eigenvalue weighted by Gasteiger charge is 2.05. The van der Waals surface area contributed by atoms with Gasteiger partial charge in [-0.15, -0.1) is 0 Å². The summed E-state index contributed by atoms with van der Waals surface area (Å²) in [5.74, 6) is 1.68. The molecule has 0 amide bonds. The van der Waals surface area contributed by atoms with Crippen LogP contribution in [0.5, 0.6) is 5.75 Å². The quantitative estimate of drug-likeness (QED) is 0.718. The van der Waals surface area contributed by atoms with E-state index in [1.165, 1.54) is 0 Å². The molecule has 2 aromatic carbocycles. The number of fused-ring (bicyclic) bond motifs is 1. The highest BCUT2D eigenvalue weighted by atomic mass is 16.5. The number of hydrogen-bond donors (Lipinski definition) is 1. The van der Waals surface area contributed by atoms with Crippen LogP contribution in [-0.4, -0.2) is 16.6 Å². The van der Waals surface area contributed by atoms with Crippen molar-refractivity contribution in [1.82, 2.24) is 9.97 Å². The molecule has 1 heterocycles. The number of imidazole rings is 1. The van der Waals surface area contributed by atoms with Crippen LogP contribution in [-0.2, 0) is 0 Å². The van der Waals surface area contributed by atoms with E-state index < -0.39 is 0 Å². The lowest BCUT2D eigenvalue weighted by Crippen LogP contribution is -1.97. The Balaban J connectivity index is 1.93. The Hall–Kier alpha value is -2.55. The van der Waals surface area contributed by atoms with Gasteiger partial charge < -0.3 is 9.72 Å². The fraction of sp³-hybridized carbons (Fsp3) is 0.118. The second-order valence-electron chi connectivity index (χ2n) is 4.88. The third-order valence-electron chi connectivity index (χ3n) is 2.98. The van der Waals surface area contributed by atoms with E-state index in [0.29, 0.717) is 6.61 Å². The van der Waals surface area contributed by atoms with Gasteiger partial charge in [-0.2, -0.15) is 0 Å². The molecule has 3 rings (SSSR count). The van der Waals surface area contributed by atoms with Crippen molar-refractivity contribution in [2.24, 2.45) is 0 Å². The number of benzene rings is 2. The molecular formula is C17H16N2O. The van der Waals surface area contributed by atoms with Gasteiger partial charge in [-0.3, -0.25) is 0 Å². The van der Waals surface area contributed by atoms with Crippen LogP contribution in [0.25, 0.3) is 22.4 Å². The van der Waals surface area contributed by atoms with Crippen molar-refractivity contribution in [3.05, 3.63) is 60.7 Å². The van der Waals surface area contributed by atoms with Crippen LogP contribution in [0.1, 0.15) is 6.92 Å². The van der Waals surface area contributed by atoms with E-state index in [1.54, 1.807) is 0 Å².